The number of nitrogens with one attached hydrogen (secondary N) is 2. The van der Waals surface area contributed by atoms with Gasteiger partial charge in [0.05, 0.1) is 4.90 Å². The number of benzene rings is 1. The van der Waals surface area contributed by atoms with Crippen LogP contribution in [0.5, 0.6) is 0 Å². The first-order chi connectivity index (χ1) is 12.1. The molecule has 1 aliphatic heterocycles. The lowest BCUT2D eigenvalue weighted by atomic mass is 10.2. The Bertz CT molecular complexity index is 796. The number of carbonyl (C=O) groups is 1. The molecule has 134 valence electrons. The molecule has 0 bridgehead atoms. The summed E-state index contributed by atoms with van der Waals surface area (Å²) in [4.78, 5) is 15.5. The predicted octanol–water partition coefficient (Wildman–Crippen LogP) is 1.31. The smallest absolute Gasteiger partial charge is 0.253 e. The van der Waals surface area contributed by atoms with Crippen LogP contribution in [0.2, 0.25) is 0 Å². The number of sulfonamides is 1. The van der Waals surface area contributed by atoms with Crippen molar-refractivity contribution in [3.05, 3.63) is 52.2 Å². The van der Waals surface area contributed by atoms with Crippen LogP contribution in [0.15, 0.2) is 46.7 Å². The molecule has 1 aliphatic rings. The van der Waals surface area contributed by atoms with Crippen LogP contribution >= 0.6 is 11.3 Å². The number of piperazine rings is 1. The molecule has 2 N–H and O–H groups in total. The van der Waals surface area contributed by atoms with Crippen molar-refractivity contribution >= 4 is 27.3 Å². The van der Waals surface area contributed by atoms with Gasteiger partial charge in [-0.15, -0.1) is 11.3 Å². The second-order valence-electron chi connectivity index (χ2n) is 5.79. The van der Waals surface area contributed by atoms with E-state index in [-0.39, 0.29) is 10.8 Å². The molecule has 0 spiro atoms. The van der Waals surface area contributed by atoms with E-state index in [4.69, 9.17) is 0 Å². The van der Waals surface area contributed by atoms with E-state index in [1.165, 1.54) is 12.1 Å². The van der Waals surface area contributed by atoms with Crippen molar-refractivity contribution in [3.8, 4) is 0 Å². The van der Waals surface area contributed by atoms with Crippen LogP contribution in [0.4, 0.5) is 0 Å². The lowest BCUT2D eigenvalue weighted by Gasteiger charge is -2.27. The molecule has 1 aromatic heterocycles. The van der Waals surface area contributed by atoms with Gasteiger partial charge >= 0.3 is 0 Å². The summed E-state index contributed by atoms with van der Waals surface area (Å²) in [6.07, 6.45) is 0.663. The van der Waals surface area contributed by atoms with Crippen molar-refractivity contribution in [2.45, 2.75) is 11.3 Å². The number of hydrogen-bond acceptors (Lipinski definition) is 5. The van der Waals surface area contributed by atoms with Gasteiger partial charge < -0.3 is 10.2 Å². The van der Waals surface area contributed by atoms with Crippen LogP contribution in [0, 0.1) is 0 Å². The second-order valence-corrected chi connectivity index (χ2v) is 8.59. The minimum atomic E-state index is -3.56. The summed E-state index contributed by atoms with van der Waals surface area (Å²) in [5.41, 5.74) is 0.513. The van der Waals surface area contributed by atoms with Gasteiger partial charge in [-0.05, 0) is 42.1 Å². The first kappa shape index (κ1) is 18.1. The molecule has 25 heavy (non-hydrogen) atoms. The van der Waals surface area contributed by atoms with Crippen molar-refractivity contribution in [1.29, 1.82) is 0 Å². The Morgan fingerprint density at radius 3 is 2.52 bits per heavy atom. The molecule has 1 aromatic carbocycles. The molecule has 2 aromatic rings. The van der Waals surface area contributed by atoms with Gasteiger partial charge in [0.15, 0.2) is 0 Å². The average molecular weight is 380 g/mol. The Kier molecular flexibility index (Phi) is 5.85. The zero-order valence-electron chi connectivity index (χ0n) is 13.8. The molecule has 1 fully saturated rings. The van der Waals surface area contributed by atoms with Crippen LogP contribution < -0.4 is 10.0 Å². The fourth-order valence-electron chi connectivity index (χ4n) is 2.67. The van der Waals surface area contributed by atoms with E-state index in [1.54, 1.807) is 28.4 Å². The van der Waals surface area contributed by atoms with E-state index in [0.717, 1.165) is 18.0 Å². The summed E-state index contributed by atoms with van der Waals surface area (Å²) in [5.74, 6) is -0.0592. The summed E-state index contributed by atoms with van der Waals surface area (Å²) in [7, 11) is -3.56. The number of rotatable bonds is 6. The maximum absolute atomic E-state index is 12.4. The van der Waals surface area contributed by atoms with Crippen LogP contribution in [-0.4, -0.2) is 51.9 Å². The van der Waals surface area contributed by atoms with Crippen LogP contribution in [0.1, 0.15) is 15.2 Å². The van der Waals surface area contributed by atoms with Crippen molar-refractivity contribution in [2.24, 2.45) is 0 Å². The molecule has 2 heterocycles. The van der Waals surface area contributed by atoms with E-state index >= 15 is 0 Å². The standard InChI is InChI=1S/C17H21N3O3S2/c21-17(20-11-9-18-10-12-20)14-3-5-16(6-4-14)25(22,23)19-8-7-15-2-1-13-24-15/h1-6,13,18-19H,7-12H2. The van der Waals surface area contributed by atoms with Crippen LogP contribution in [0.3, 0.4) is 0 Å². The fourth-order valence-corrected chi connectivity index (χ4v) is 4.41. The Morgan fingerprint density at radius 2 is 1.88 bits per heavy atom. The third kappa shape index (κ3) is 4.66. The normalized spacial score (nSPS) is 15.3. The third-order valence-electron chi connectivity index (χ3n) is 4.06. The van der Waals surface area contributed by atoms with E-state index in [9.17, 15) is 13.2 Å². The zero-order chi connectivity index (χ0) is 17.7. The number of amides is 1. The van der Waals surface area contributed by atoms with Gasteiger partial charge in [0.2, 0.25) is 10.0 Å². The van der Waals surface area contributed by atoms with E-state index in [0.29, 0.717) is 31.6 Å². The Morgan fingerprint density at radius 1 is 1.16 bits per heavy atom. The van der Waals surface area contributed by atoms with Crippen LogP contribution in [0.25, 0.3) is 0 Å². The second kappa shape index (κ2) is 8.09. The number of thiophene rings is 1. The molecule has 0 unspecified atom stereocenters. The molecule has 1 saturated heterocycles. The first-order valence-electron chi connectivity index (χ1n) is 8.18. The van der Waals surface area contributed by atoms with Gasteiger partial charge in [-0.2, -0.15) is 0 Å². The molecule has 3 rings (SSSR count). The third-order valence-corrected chi connectivity index (χ3v) is 6.47. The quantitative estimate of drug-likeness (QED) is 0.793. The summed E-state index contributed by atoms with van der Waals surface area (Å²) < 4.78 is 27.3. The molecule has 1 amide bonds. The Labute approximate surface area is 151 Å². The van der Waals surface area contributed by atoms with Gasteiger partial charge in [0.1, 0.15) is 0 Å². The minimum absolute atomic E-state index is 0.0592. The van der Waals surface area contributed by atoms with Crippen molar-refractivity contribution in [3.63, 3.8) is 0 Å². The van der Waals surface area contributed by atoms with Crippen molar-refractivity contribution in [2.75, 3.05) is 32.7 Å². The summed E-state index contributed by atoms with van der Waals surface area (Å²) in [6, 6.07) is 10.1. The summed E-state index contributed by atoms with van der Waals surface area (Å²) in [6.45, 7) is 3.26. The van der Waals surface area contributed by atoms with E-state index in [2.05, 4.69) is 10.0 Å². The molecule has 0 saturated carbocycles. The summed E-state index contributed by atoms with van der Waals surface area (Å²) in [5, 5.41) is 5.17. The van der Waals surface area contributed by atoms with Gasteiger partial charge in [-0.3, -0.25) is 4.79 Å². The molecule has 6 nitrogen and oxygen atoms in total. The highest BCUT2D eigenvalue weighted by Gasteiger charge is 2.19. The first-order valence-corrected chi connectivity index (χ1v) is 10.5. The predicted molar refractivity (Wildman–Crippen MR) is 98.4 cm³/mol. The van der Waals surface area contributed by atoms with Crippen molar-refractivity contribution < 1.29 is 13.2 Å². The van der Waals surface area contributed by atoms with Gasteiger partial charge in [-0.1, -0.05) is 6.07 Å². The molecule has 8 heteroatoms. The fraction of sp³-hybridized carbons (Fsp3) is 0.353. The number of nitrogens with zero attached hydrogens (tertiary/aromatic N) is 1. The van der Waals surface area contributed by atoms with E-state index in [1.807, 2.05) is 17.5 Å². The number of carbonyl (C=O) groups excluding carboxylic acids is 1. The molecule has 0 atom stereocenters. The SMILES string of the molecule is O=C(c1ccc(S(=O)(=O)NCCc2cccs2)cc1)N1CCNCC1. The summed E-state index contributed by atoms with van der Waals surface area (Å²) >= 11 is 1.61. The monoisotopic (exact) mass is 379 g/mol. The largest absolute Gasteiger partial charge is 0.336 e. The number of hydrogen-bond donors (Lipinski definition) is 2. The van der Waals surface area contributed by atoms with Crippen LogP contribution in [-0.2, 0) is 16.4 Å². The molecular formula is C17H21N3O3S2. The highest BCUT2D eigenvalue weighted by atomic mass is 32.2. The Hall–Kier alpha value is -1.74. The average Bonchev–Trinajstić information content (AvgIpc) is 3.15. The van der Waals surface area contributed by atoms with Gasteiger partial charge in [-0.25, -0.2) is 13.1 Å². The lowest BCUT2D eigenvalue weighted by Crippen LogP contribution is -2.46. The van der Waals surface area contributed by atoms with Crippen molar-refractivity contribution in [1.82, 2.24) is 14.9 Å². The highest BCUT2D eigenvalue weighted by Crippen LogP contribution is 2.13. The molecule has 0 aliphatic carbocycles. The topological polar surface area (TPSA) is 78.5 Å². The molecular weight excluding hydrogens is 358 g/mol. The molecule has 0 radical (unpaired) electrons. The Balaban J connectivity index is 1.61. The minimum Gasteiger partial charge on any atom is -0.336 e. The van der Waals surface area contributed by atoms with Gasteiger partial charge in [0.25, 0.3) is 5.91 Å². The lowest BCUT2D eigenvalue weighted by molar-refractivity contribution is 0.0735. The maximum atomic E-state index is 12.4. The van der Waals surface area contributed by atoms with Gasteiger partial charge in [0, 0.05) is 43.2 Å². The zero-order valence-corrected chi connectivity index (χ0v) is 15.4. The highest BCUT2D eigenvalue weighted by molar-refractivity contribution is 7.89. The van der Waals surface area contributed by atoms with E-state index < -0.39 is 10.0 Å². The maximum Gasteiger partial charge on any atom is 0.253 e.